The largest absolute Gasteiger partial charge is 0.356 e. The molecule has 1 rings (SSSR count). The summed E-state index contributed by atoms with van der Waals surface area (Å²) in [6.07, 6.45) is 3.95. The Bertz CT molecular complexity index is 178. The lowest BCUT2D eigenvalue weighted by atomic mass is 10.2. The maximum absolute atomic E-state index is 10.7. The highest BCUT2D eigenvalue weighted by Crippen LogP contribution is 2.50. The first-order chi connectivity index (χ1) is 6.17. The van der Waals surface area contributed by atoms with E-state index in [4.69, 9.17) is 10.3 Å². The molecule has 76 valence electrons. The predicted molar refractivity (Wildman–Crippen MR) is 59.0 cm³/mol. The van der Waals surface area contributed by atoms with Crippen LogP contribution in [0.3, 0.4) is 0 Å². The van der Waals surface area contributed by atoms with Crippen molar-refractivity contribution < 1.29 is 9.32 Å². The molecule has 2 N–H and O–H groups in total. The van der Waals surface area contributed by atoms with Crippen LogP contribution in [0.25, 0.3) is 0 Å². The lowest BCUT2D eigenvalue weighted by molar-refractivity contribution is -0.107. The van der Waals surface area contributed by atoms with E-state index in [0.29, 0.717) is 12.4 Å². The van der Waals surface area contributed by atoms with Crippen molar-refractivity contribution in [2.75, 3.05) is 25.8 Å². The fourth-order valence-corrected chi connectivity index (χ4v) is 4.63. The molecule has 3 atom stereocenters. The van der Waals surface area contributed by atoms with Crippen molar-refractivity contribution in [1.29, 1.82) is 0 Å². The zero-order chi connectivity index (χ0) is 9.84. The van der Waals surface area contributed by atoms with Gasteiger partial charge in [-0.1, -0.05) is 7.92 Å². The molecule has 1 aliphatic heterocycles. The van der Waals surface area contributed by atoms with Gasteiger partial charge in [-0.2, -0.15) is 0 Å². The van der Waals surface area contributed by atoms with Crippen molar-refractivity contribution in [1.82, 2.24) is 0 Å². The van der Waals surface area contributed by atoms with Gasteiger partial charge in [0.2, 0.25) is 0 Å². The summed E-state index contributed by atoms with van der Waals surface area (Å²) in [5.41, 5.74) is 5.81. The molecule has 0 saturated carbocycles. The minimum atomic E-state index is -0.306. The standard InChI is InChI=1S/C8H17NO2P2/c1-12(2)11-7-3-8(4-10)13(5-7)6-9/h4,7-8H,3,5-6,9H2,1-2H3. The smallest absolute Gasteiger partial charge is 0.127 e. The Morgan fingerprint density at radius 2 is 2.38 bits per heavy atom. The van der Waals surface area contributed by atoms with Gasteiger partial charge >= 0.3 is 0 Å². The summed E-state index contributed by atoms with van der Waals surface area (Å²) in [6.45, 7) is 4.18. The van der Waals surface area contributed by atoms with Crippen molar-refractivity contribution >= 4 is 22.4 Å². The molecular weight excluding hydrogens is 204 g/mol. The van der Waals surface area contributed by atoms with Gasteiger partial charge in [-0.05, 0) is 25.9 Å². The summed E-state index contributed by atoms with van der Waals surface area (Å²) in [4.78, 5) is 10.7. The second-order valence-electron chi connectivity index (χ2n) is 3.43. The number of aldehydes is 1. The van der Waals surface area contributed by atoms with Crippen molar-refractivity contribution in [3.05, 3.63) is 0 Å². The van der Waals surface area contributed by atoms with E-state index in [1.165, 1.54) is 0 Å². The summed E-state index contributed by atoms with van der Waals surface area (Å²) in [7, 11) is -0.587. The van der Waals surface area contributed by atoms with Gasteiger partial charge < -0.3 is 15.1 Å². The minimum Gasteiger partial charge on any atom is -0.356 e. The molecule has 5 heteroatoms. The first kappa shape index (κ1) is 11.5. The van der Waals surface area contributed by atoms with E-state index < -0.39 is 0 Å². The highest BCUT2D eigenvalue weighted by molar-refractivity contribution is 7.59. The van der Waals surface area contributed by atoms with E-state index in [2.05, 4.69) is 13.3 Å². The molecule has 3 nitrogen and oxygen atoms in total. The van der Waals surface area contributed by atoms with E-state index in [1.807, 2.05) is 0 Å². The molecule has 1 aliphatic rings. The SMILES string of the molecule is CP(C)OC1CC(C=O)P(CN)C1. The summed E-state index contributed by atoms with van der Waals surface area (Å²) >= 11 is 0. The lowest BCUT2D eigenvalue weighted by Gasteiger charge is -2.14. The second kappa shape index (κ2) is 5.36. The van der Waals surface area contributed by atoms with E-state index in [1.54, 1.807) is 0 Å². The monoisotopic (exact) mass is 221 g/mol. The van der Waals surface area contributed by atoms with Crippen LogP contribution in [0.15, 0.2) is 0 Å². The summed E-state index contributed by atoms with van der Waals surface area (Å²) in [6, 6.07) is 0. The van der Waals surface area contributed by atoms with E-state index >= 15 is 0 Å². The Kier molecular flexibility index (Phi) is 4.75. The van der Waals surface area contributed by atoms with Gasteiger partial charge in [0.25, 0.3) is 0 Å². The maximum atomic E-state index is 10.7. The number of hydrogen-bond donors (Lipinski definition) is 1. The van der Waals surface area contributed by atoms with Crippen molar-refractivity contribution in [3.63, 3.8) is 0 Å². The van der Waals surface area contributed by atoms with Crippen molar-refractivity contribution in [2.45, 2.75) is 18.2 Å². The first-order valence-corrected chi connectivity index (χ1v) is 8.34. The maximum Gasteiger partial charge on any atom is 0.127 e. The van der Waals surface area contributed by atoms with Crippen LogP contribution in [0.1, 0.15) is 6.42 Å². The third kappa shape index (κ3) is 3.25. The zero-order valence-electron chi connectivity index (χ0n) is 8.14. The molecule has 0 radical (unpaired) electrons. The number of nitrogens with two attached hydrogens (primary N) is 1. The van der Waals surface area contributed by atoms with Crippen molar-refractivity contribution in [2.24, 2.45) is 5.73 Å². The van der Waals surface area contributed by atoms with Crippen LogP contribution >= 0.6 is 16.1 Å². The number of carbonyl (C=O) groups is 1. The molecule has 13 heavy (non-hydrogen) atoms. The van der Waals surface area contributed by atoms with Crippen LogP contribution < -0.4 is 5.73 Å². The fraction of sp³-hybridized carbons (Fsp3) is 0.875. The van der Waals surface area contributed by atoms with Crippen molar-refractivity contribution in [3.8, 4) is 0 Å². The molecule has 0 spiro atoms. The normalized spacial score (nSPS) is 34.0. The van der Waals surface area contributed by atoms with E-state index in [-0.39, 0.29) is 21.7 Å². The summed E-state index contributed by atoms with van der Waals surface area (Å²) < 4.78 is 5.74. The van der Waals surface area contributed by atoms with Gasteiger partial charge in [-0.15, -0.1) is 0 Å². The zero-order valence-corrected chi connectivity index (χ0v) is 9.93. The van der Waals surface area contributed by atoms with Gasteiger partial charge in [0.1, 0.15) is 6.29 Å². The molecular formula is C8H17NO2P2. The molecule has 0 aromatic carbocycles. The molecule has 3 unspecified atom stereocenters. The lowest BCUT2D eigenvalue weighted by Crippen LogP contribution is -2.10. The van der Waals surface area contributed by atoms with Crippen LogP contribution in [0, 0.1) is 0 Å². The first-order valence-electron chi connectivity index (χ1n) is 4.41. The molecule has 1 heterocycles. The Balaban J connectivity index is 2.43. The van der Waals surface area contributed by atoms with Crippen LogP contribution in [0.2, 0.25) is 0 Å². The Hall–Kier alpha value is 0.450. The van der Waals surface area contributed by atoms with Crippen LogP contribution in [0.5, 0.6) is 0 Å². The average Bonchev–Trinajstić information content (AvgIpc) is 2.45. The Morgan fingerprint density at radius 3 is 2.77 bits per heavy atom. The van der Waals surface area contributed by atoms with Crippen LogP contribution in [-0.2, 0) is 9.32 Å². The molecule has 0 bridgehead atoms. The van der Waals surface area contributed by atoms with Gasteiger partial charge in [-0.25, -0.2) is 0 Å². The molecule has 0 aliphatic carbocycles. The molecule has 1 fully saturated rings. The quantitative estimate of drug-likeness (QED) is 0.576. The minimum absolute atomic E-state index is 0.194. The third-order valence-electron chi connectivity index (χ3n) is 2.16. The summed E-state index contributed by atoms with van der Waals surface area (Å²) in [5.74, 6) is 0. The van der Waals surface area contributed by atoms with Crippen LogP contribution in [-0.4, -0.2) is 43.8 Å². The average molecular weight is 221 g/mol. The Labute approximate surface area is 82.0 Å². The van der Waals surface area contributed by atoms with Crippen LogP contribution in [0.4, 0.5) is 0 Å². The fourth-order valence-electron chi connectivity index (χ4n) is 1.62. The summed E-state index contributed by atoms with van der Waals surface area (Å²) in [5, 5.41) is 0. The molecule has 0 amide bonds. The van der Waals surface area contributed by atoms with E-state index in [0.717, 1.165) is 18.9 Å². The van der Waals surface area contributed by atoms with Gasteiger partial charge in [0.15, 0.2) is 0 Å². The van der Waals surface area contributed by atoms with Gasteiger partial charge in [0.05, 0.1) is 6.10 Å². The predicted octanol–water partition coefficient (Wildman–Crippen LogP) is 1.40. The third-order valence-corrected chi connectivity index (χ3v) is 5.50. The highest BCUT2D eigenvalue weighted by atomic mass is 31.1. The van der Waals surface area contributed by atoms with E-state index in [9.17, 15) is 4.79 Å². The van der Waals surface area contributed by atoms with Gasteiger partial charge in [0, 0.05) is 20.1 Å². The van der Waals surface area contributed by atoms with Gasteiger partial charge in [-0.3, -0.25) is 0 Å². The number of hydrogen-bond acceptors (Lipinski definition) is 3. The number of rotatable bonds is 4. The number of carbonyl (C=O) groups excluding carboxylic acids is 1. The second-order valence-corrected chi connectivity index (χ2v) is 7.84. The molecule has 0 aromatic rings. The topological polar surface area (TPSA) is 52.3 Å². The highest BCUT2D eigenvalue weighted by Gasteiger charge is 2.33. The molecule has 0 aromatic heterocycles. The molecule has 1 saturated heterocycles. The Morgan fingerprint density at radius 1 is 1.69 bits per heavy atom.